The van der Waals surface area contributed by atoms with Gasteiger partial charge in [0, 0.05) is 23.0 Å². The quantitative estimate of drug-likeness (QED) is 0.342. The minimum Gasteiger partial charge on any atom is -0.389 e. The minimum absolute atomic E-state index is 0.139. The lowest BCUT2D eigenvalue weighted by atomic mass is 9.63. The number of likely N-dealkylation sites (N-methyl/N-ethyl adjacent to an activating group) is 1. The highest BCUT2D eigenvalue weighted by atomic mass is 32.1. The summed E-state index contributed by atoms with van der Waals surface area (Å²) in [6, 6.07) is 2.95. The van der Waals surface area contributed by atoms with Crippen molar-refractivity contribution in [2.75, 3.05) is 57.1 Å². The Labute approximate surface area is 271 Å². The first-order valence-electron chi connectivity index (χ1n) is 16.6. The van der Waals surface area contributed by atoms with Gasteiger partial charge >= 0.3 is 0 Å². The number of aryl methyl sites for hydroxylation is 1. The second kappa shape index (κ2) is 10.5. The van der Waals surface area contributed by atoms with Crippen molar-refractivity contribution in [3.63, 3.8) is 0 Å². The summed E-state index contributed by atoms with van der Waals surface area (Å²) in [6.45, 7) is 6.55. The van der Waals surface area contributed by atoms with Gasteiger partial charge in [-0.3, -0.25) is 0 Å². The molecule has 9 rings (SSSR count). The van der Waals surface area contributed by atoms with Crippen LogP contribution in [0.1, 0.15) is 78.8 Å². The molecule has 0 radical (unpaired) electrons. The lowest BCUT2D eigenvalue weighted by Crippen LogP contribution is -2.63. The lowest BCUT2D eigenvalue weighted by Gasteiger charge is -2.48. The Morgan fingerprint density at radius 1 is 1.15 bits per heavy atom. The van der Waals surface area contributed by atoms with E-state index in [2.05, 4.69) is 34.5 Å². The van der Waals surface area contributed by atoms with E-state index in [0.29, 0.717) is 54.5 Å². The zero-order valence-electron chi connectivity index (χ0n) is 26.4. The third-order valence-corrected chi connectivity index (χ3v) is 12.4. The first kappa shape index (κ1) is 28.6. The highest BCUT2D eigenvalue weighted by molar-refractivity contribution is 7.16. The molecule has 4 aromatic heterocycles. The Kier molecular flexibility index (Phi) is 6.52. The number of anilines is 2. The molecule has 5 aliphatic rings. The molecule has 4 aromatic rings. The van der Waals surface area contributed by atoms with E-state index >= 15 is 0 Å². The molecule has 0 saturated carbocycles. The number of hydrogen-bond acceptors (Lipinski definition) is 12. The number of ether oxygens (including phenoxy) is 2. The normalized spacial score (nSPS) is 26.3. The van der Waals surface area contributed by atoms with Crippen LogP contribution in [0.25, 0.3) is 22.6 Å². The number of rotatable bonds is 4. The number of nitriles is 1. The average Bonchev–Trinajstić information content (AvgIpc) is 3.85. The van der Waals surface area contributed by atoms with Gasteiger partial charge in [0.2, 0.25) is 0 Å². The van der Waals surface area contributed by atoms with E-state index in [0.717, 1.165) is 91.8 Å². The Hall–Kier alpha value is -3.57. The lowest BCUT2D eigenvalue weighted by molar-refractivity contribution is -0.211. The van der Waals surface area contributed by atoms with Crippen LogP contribution < -0.4 is 10.6 Å². The highest BCUT2D eigenvalue weighted by Crippen LogP contribution is 2.55. The Morgan fingerprint density at radius 3 is 2.76 bits per heavy atom. The topological polar surface area (TPSA) is 144 Å². The fourth-order valence-corrected chi connectivity index (χ4v) is 10.2. The summed E-state index contributed by atoms with van der Waals surface area (Å²) in [4.78, 5) is 16.5. The van der Waals surface area contributed by atoms with Crippen LogP contribution in [0.15, 0.2) is 10.7 Å². The van der Waals surface area contributed by atoms with Crippen LogP contribution in [0.3, 0.4) is 0 Å². The van der Waals surface area contributed by atoms with Crippen molar-refractivity contribution in [2.45, 2.75) is 81.4 Å². The van der Waals surface area contributed by atoms with Crippen LogP contribution in [0.4, 0.5) is 10.8 Å². The van der Waals surface area contributed by atoms with E-state index in [1.807, 2.05) is 6.20 Å². The molecular formula is C33H39N9O3S. The molecular weight excluding hydrogens is 602 g/mol. The van der Waals surface area contributed by atoms with Crippen molar-refractivity contribution < 1.29 is 14.0 Å². The van der Waals surface area contributed by atoms with Crippen LogP contribution in [0, 0.1) is 11.3 Å². The second-order valence-electron chi connectivity index (χ2n) is 14.0. The Morgan fingerprint density at radius 2 is 2.00 bits per heavy atom. The number of likely N-dealkylation sites (tertiary alicyclic amines) is 1. The molecule has 46 heavy (non-hydrogen) atoms. The molecule has 3 fully saturated rings. The van der Waals surface area contributed by atoms with Crippen molar-refractivity contribution in [3.8, 4) is 17.6 Å². The molecule has 2 spiro atoms. The zero-order valence-corrected chi connectivity index (χ0v) is 27.2. The smallest absolute Gasteiger partial charge is 0.186 e. The maximum Gasteiger partial charge on any atom is 0.186 e. The highest BCUT2D eigenvalue weighted by Gasteiger charge is 2.49. The van der Waals surface area contributed by atoms with E-state index < -0.39 is 5.41 Å². The fraction of sp³-hybridized carbons (Fsp3) is 0.606. The number of nitrogen functional groups attached to an aromatic ring is 1. The molecule has 3 saturated heterocycles. The first-order valence-corrected chi connectivity index (χ1v) is 17.5. The molecule has 0 amide bonds. The van der Waals surface area contributed by atoms with E-state index in [4.69, 9.17) is 40.0 Å². The van der Waals surface area contributed by atoms with E-state index in [1.54, 1.807) is 11.3 Å². The van der Waals surface area contributed by atoms with Gasteiger partial charge in [-0.25, -0.2) is 14.6 Å². The fourth-order valence-electron chi connectivity index (χ4n) is 9.01. The zero-order chi connectivity index (χ0) is 31.2. The summed E-state index contributed by atoms with van der Waals surface area (Å²) in [5.74, 6) is 2.28. The summed E-state index contributed by atoms with van der Waals surface area (Å²) < 4.78 is 20.2. The van der Waals surface area contributed by atoms with Crippen LogP contribution >= 0.6 is 11.3 Å². The van der Waals surface area contributed by atoms with Gasteiger partial charge in [-0.1, -0.05) is 5.16 Å². The van der Waals surface area contributed by atoms with Crippen LogP contribution in [0.5, 0.6) is 0 Å². The van der Waals surface area contributed by atoms with Gasteiger partial charge < -0.3 is 29.5 Å². The molecule has 0 bridgehead atoms. The number of morpholine rings is 1. The summed E-state index contributed by atoms with van der Waals surface area (Å²) in [5.41, 5.74) is 9.94. The molecule has 0 aromatic carbocycles. The van der Waals surface area contributed by atoms with E-state index in [1.165, 1.54) is 11.3 Å². The number of hydrogen-bond donors (Lipinski definition) is 1. The summed E-state index contributed by atoms with van der Waals surface area (Å²) in [5, 5.41) is 21.4. The van der Waals surface area contributed by atoms with Gasteiger partial charge in [-0.05, 0) is 77.4 Å². The molecule has 2 aliphatic carbocycles. The molecule has 7 heterocycles. The molecule has 3 aliphatic heterocycles. The predicted octanol–water partition coefficient (Wildman–Crippen LogP) is 4.22. The second-order valence-corrected chi connectivity index (χ2v) is 15.1. The molecule has 240 valence electrons. The van der Waals surface area contributed by atoms with Gasteiger partial charge in [0.05, 0.1) is 55.0 Å². The van der Waals surface area contributed by atoms with Gasteiger partial charge in [0.1, 0.15) is 22.5 Å². The molecule has 2 N–H and O–H groups in total. The van der Waals surface area contributed by atoms with Crippen molar-refractivity contribution in [2.24, 2.45) is 0 Å². The van der Waals surface area contributed by atoms with Crippen LogP contribution in [-0.4, -0.2) is 88.0 Å². The van der Waals surface area contributed by atoms with Crippen molar-refractivity contribution in [3.05, 3.63) is 33.5 Å². The third kappa shape index (κ3) is 4.06. The van der Waals surface area contributed by atoms with E-state index in [9.17, 15) is 5.26 Å². The number of nitrogens with two attached hydrogens (primary N) is 1. The van der Waals surface area contributed by atoms with Crippen molar-refractivity contribution in [1.82, 2.24) is 29.8 Å². The van der Waals surface area contributed by atoms with E-state index in [-0.39, 0.29) is 11.6 Å². The number of nitrogens with zero attached hydrogens (tertiary/aromatic N) is 8. The summed E-state index contributed by atoms with van der Waals surface area (Å²) in [7, 11) is 2.20. The molecule has 12 nitrogen and oxygen atoms in total. The van der Waals surface area contributed by atoms with Crippen molar-refractivity contribution >= 4 is 33.2 Å². The van der Waals surface area contributed by atoms with Gasteiger partial charge in [0.15, 0.2) is 22.9 Å². The minimum atomic E-state index is -0.400. The molecule has 0 unspecified atom stereocenters. The maximum absolute atomic E-state index is 10.1. The number of aromatic nitrogens is 5. The molecule has 13 heteroatoms. The summed E-state index contributed by atoms with van der Waals surface area (Å²) in [6.07, 6.45) is 9.83. The number of thiophene rings is 1. The molecule has 3 atom stereocenters. The monoisotopic (exact) mass is 641 g/mol. The standard InChI is InChI=1S/C33H39N9O3S/c1-19(23-7-5-11-40(23)2)42-31-22(15-36-42)30(41-12-13-44-32(16-41)17-43-18-32)37-29(38-31)26-20-6-3-9-33(27(20)45-39-26)10-4-8-24-25(33)21(14-34)28(35)46-24/h15,19,23H,3-13,16-18,35H2,1-2H3/t19-,23-,33-/m0/s1. The van der Waals surface area contributed by atoms with Crippen LogP contribution in [0.2, 0.25) is 0 Å². The SMILES string of the molecule is C[C@@H]([C@@H]1CCCN1C)n1ncc2c(N3CCOC4(COC4)C3)nc(-c3noc4c3CCC[C@@]43CCCc4sc(N)c(C#N)c43)nc21. The van der Waals surface area contributed by atoms with Crippen molar-refractivity contribution in [1.29, 1.82) is 5.26 Å². The predicted molar refractivity (Wildman–Crippen MR) is 173 cm³/mol. The van der Waals surface area contributed by atoms with Gasteiger partial charge in [0.25, 0.3) is 0 Å². The van der Waals surface area contributed by atoms with Crippen LogP contribution in [-0.2, 0) is 27.7 Å². The largest absolute Gasteiger partial charge is 0.389 e. The first-order chi connectivity index (χ1) is 22.4. The Bertz CT molecular complexity index is 1880. The average molecular weight is 642 g/mol. The number of fused-ring (bicyclic) bond motifs is 5. The van der Waals surface area contributed by atoms with Gasteiger partial charge in [-0.15, -0.1) is 11.3 Å². The van der Waals surface area contributed by atoms with Gasteiger partial charge in [-0.2, -0.15) is 10.4 Å². The maximum atomic E-state index is 10.1. The Balaban J connectivity index is 1.20. The third-order valence-electron chi connectivity index (χ3n) is 11.3. The summed E-state index contributed by atoms with van der Waals surface area (Å²) >= 11 is 1.56.